The zero-order valence-electron chi connectivity index (χ0n) is 15.2. The molecule has 0 fully saturated rings. The summed E-state index contributed by atoms with van der Waals surface area (Å²) >= 11 is 0. The summed E-state index contributed by atoms with van der Waals surface area (Å²) in [6.07, 6.45) is 4.90. The summed E-state index contributed by atoms with van der Waals surface area (Å²) in [5, 5.41) is 13.8. The second kappa shape index (κ2) is 8.59. The monoisotopic (exact) mass is 356 g/mol. The molecule has 0 unspecified atom stereocenters. The Morgan fingerprint density at radius 2 is 1.81 bits per heavy atom. The van der Waals surface area contributed by atoms with Crippen molar-refractivity contribution in [1.29, 1.82) is 5.26 Å². The average Bonchev–Trinajstić information content (AvgIpc) is 2.70. The fraction of sp³-hybridized carbons (Fsp3) is 0.143. The van der Waals surface area contributed by atoms with Gasteiger partial charge in [-0.15, -0.1) is 0 Å². The molecule has 0 radical (unpaired) electrons. The van der Waals surface area contributed by atoms with Crippen LogP contribution in [0.15, 0.2) is 72.1 Å². The number of rotatable bonds is 6. The van der Waals surface area contributed by atoms with Gasteiger partial charge in [-0.3, -0.25) is 10.4 Å². The van der Waals surface area contributed by atoms with Crippen LogP contribution in [0.5, 0.6) is 0 Å². The predicted molar refractivity (Wildman–Crippen MR) is 108 cm³/mol. The molecule has 6 nitrogen and oxygen atoms in total. The smallest absolute Gasteiger partial charge is 0.165 e. The van der Waals surface area contributed by atoms with E-state index in [4.69, 9.17) is 0 Å². The maximum atomic E-state index is 9.54. The lowest BCUT2D eigenvalue weighted by Gasteiger charge is -2.11. The summed E-state index contributed by atoms with van der Waals surface area (Å²) in [5.74, 6) is 0.0212. The minimum Gasteiger partial charge on any atom is -0.378 e. The van der Waals surface area contributed by atoms with E-state index in [1.165, 1.54) is 0 Å². The van der Waals surface area contributed by atoms with Crippen LogP contribution in [-0.4, -0.2) is 30.3 Å². The second-order valence-electron chi connectivity index (χ2n) is 6.16. The van der Waals surface area contributed by atoms with E-state index in [0.717, 1.165) is 16.8 Å². The van der Waals surface area contributed by atoms with Gasteiger partial charge in [-0.05, 0) is 23.3 Å². The van der Waals surface area contributed by atoms with Gasteiger partial charge >= 0.3 is 0 Å². The Labute approximate surface area is 158 Å². The molecule has 0 aliphatic heterocycles. The molecule has 2 aromatic carbocycles. The first-order valence-electron chi connectivity index (χ1n) is 8.50. The van der Waals surface area contributed by atoms with Gasteiger partial charge in [0.25, 0.3) is 0 Å². The molecule has 0 amide bonds. The van der Waals surface area contributed by atoms with Crippen LogP contribution in [0.3, 0.4) is 0 Å². The Kier molecular flexibility index (Phi) is 5.75. The maximum absolute atomic E-state index is 9.54. The number of nitriles is 1. The largest absolute Gasteiger partial charge is 0.378 e. The first-order valence-corrected chi connectivity index (χ1v) is 8.50. The number of hydrazone groups is 1. The quantitative estimate of drug-likeness (QED) is 0.539. The SMILES string of the molecule is CN(C)c1ccc(C=NNc2cncc([C@H](C#N)c3ccccc3)n2)cc1. The van der Waals surface area contributed by atoms with Gasteiger partial charge in [0.2, 0.25) is 0 Å². The molecular formula is C21H20N6. The van der Waals surface area contributed by atoms with Crippen molar-refractivity contribution in [2.24, 2.45) is 5.10 Å². The van der Waals surface area contributed by atoms with Crippen LogP contribution in [0, 0.1) is 11.3 Å². The molecule has 3 rings (SSSR count). The molecule has 1 heterocycles. The average molecular weight is 356 g/mol. The zero-order chi connectivity index (χ0) is 19.1. The van der Waals surface area contributed by atoms with Crippen molar-refractivity contribution in [3.8, 4) is 6.07 Å². The van der Waals surface area contributed by atoms with E-state index in [2.05, 4.69) is 26.6 Å². The summed E-state index contributed by atoms with van der Waals surface area (Å²) in [6, 6.07) is 19.9. The van der Waals surface area contributed by atoms with Gasteiger partial charge in [-0.25, -0.2) is 4.98 Å². The second-order valence-corrected chi connectivity index (χ2v) is 6.16. The van der Waals surface area contributed by atoms with Crippen LogP contribution in [0.1, 0.15) is 22.7 Å². The summed E-state index contributed by atoms with van der Waals surface area (Å²) < 4.78 is 0. The fourth-order valence-corrected chi connectivity index (χ4v) is 2.56. The summed E-state index contributed by atoms with van der Waals surface area (Å²) in [6.45, 7) is 0. The highest BCUT2D eigenvalue weighted by Gasteiger charge is 2.15. The van der Waals surface area contributed by atoms with Crippen LogP contribution in [0.4, 0.5) is 11.5 Å². The van der Waals surface area contributed by atoms with Crippen LogP contribution >= 0.6 is 0 Å². The number of nitrogens with zero attached hydrogens (tertiary/aromatic N) is 5. The molecule has 1 aromatic heterocycles. The molecule has 134 valence electrons. The molecule has 0 bridgehead atoms. The van der Waals surface area contributed by atoms with E-state index in [1.807, 2.05) is 73.6 Å². The lowest BCUT2D eigenvalue weighted by atomic mass is 9.98. The van der Waals surface area contributed by atoms with Crippen LogP contribution in [-0.2, 0) is 0 Å². The van der Waals surface area contributed by atoms with Gasteiger partial charge in [-0.1, -0.05) is 42.5 Å². The maximum Gasteiger partial charge on any atom is 0.165 e. The van der Waals surface area contributed by atoms with Gasteiger partial charge in [-0.2, -0.15) is 10.4 Å². The lowest BCUT2D eigenvalue weighted by molar-refractivity contribution is 0.941. The Hall–Kier alpha value is -3.72. The summed E-state index contributed by atoms with van der Waals surface area (Å²) in [7, 11) is 4.00. The predicted octanol–water partition coefficient (Wildman–Crippen LogP) is 3.64. The molecule has 0 saturated carbocycles. The van der Waals surface area contributed by atoms with Crippen LogP contribution < -0.4 is 10.3 Å². The Bertz CT molecular complexity index is 942. The van der Waals surface area contributed by atoms with E-state index in [9.17, 15) is 5.26 Å². The molecule has 0 saturated heterocycles. The minimum atomic E-state index is -0.469. The third-order valence-corrected chi connectivity index (χ3v) is 4.01. The molecule has 3 aromatic rings. The van der Waals surface area contributed by atoms with E-state index in [1.54, 1.807) is 18.6 Å². The third kappa shape index (κ3) is 4.67. The normalized spacial score (nSPS) is 11.7. The Balaban J connectivity index is 1.71. The molecule has 0 aliphatic carbocycles. The van der Waals surface area contributed by atoms with Gasteiger partial charge in [0, 0.05) is 19.8 Å². The number of hydrogen-bond donors (Lipinski definition) is 1. The third-order valence-electron chi connectivity index (χ3n) is 4.01. The first kappa shape index (κ1) is 18.1. The van der Waals surface area contributed by atoms with Crippen molar-refractivity contribution in [3.05, 3.63) is 83.8 Å². The lowest BCUT2D eigenvalue weighted by Crippen LogP contribution is -2.08. The molecule has 27 heavy (non-hydrogen) atoms. The number of aromatic nitrogens is 2. The van der Waals surface area contributed by atoms with E-state index in [0.29, 0.717) is 11.5 Å². The number of anilines is 2. The Morgan fingerprint density at radius 3 is 2.48 bits per heavy atom. The zero-order valence-corrected chi connectivity index (χ0v) is 15.2. The molecule has 0 aliphatic rings. The number of nitrogens with one attached hydrogen (secondary N) is 1. The fourth-order valence-electron chi connectivity index (χ4n) is 2.56. The van der Waals surface area contributed by atoms with E-state index in [-0.39, 0.29) is 0 Å². The number of benzene rings is 2. The minimum absolute atomic E-state index is 0.469. The first-order chi connectivity index (χ1) is 13.2. The van der Waals surface area contributed by atoms with E-state index >= 15 is 0 Å². The van der Waals surface area contributed by atoms with Crippen molar-refractivity contribution in [3.63, 3.8) is 0 Å². The van der Waals surface area contributed by atoms with Gasteiger partial charge in [0.05, 0.1) is 30.4 Å². The summed E-state index contributed by atoms with van der Waals surface area (Å²) in [5.41, 5.74) is 6.44. The highest BCUT2D eigenvalue weighted by molar-refractivity contribution is 5.80. The van der Waals surface area contributed by atoms with Crippen LogP contribution in [0.25, 0.3) is 0 Å². The summed E-state index contributed by atoms with van der Waals surface area (Å²) in [4.78, 5) is 10.7. The number of hydrogen-bond acceptors (Lipinski definition) is 6. The molecule has 1 atom stereocenters. The van der Waals surface area contributed by atoms with Crippen molar-refractivity contribution in [2.75, 3.05) is 24.4 Å². The van der Waals surface area contributed by atoms with Gasteiger partial charge in [0.1, 0.15) is 5.92 Å². The topological polar surface area (TPSA) is 77.2 Å². The van der Waals surface area contributed by atoms with Gasteiger partial charge in [0.15, 0.2) is 5.82 Å². The van der Waals surface area contributed by atoms with Crippen molar-refractivity contribution in [2.45, 2.75) is 5.92 Å². The highest BCUT2D eigenvalue weighted by Crippen LogP contribution is 2.22. The highest BCUT2D eigenvalue weighted by atomic mass is 15.3. The molecule has 1 N–H and O–H groups in total. The standard InChI is InChI=1S/C21H20N6/c1-27(2)18-10-8-16(9-11-18)13-24-26-21-15-23-14-20(25-21)19(12-22)17-6-4-3-5-7-17/h3-11,13-15,19H,1-2H3,(H,25,26)/t19-/m1/s1. The van der Waals surface area contributed by atoms with Crippen molar-refractivity contribution >= 4 is 17.7 Å². The Morgan fingerprint density at radius 1 is 1.07 bits per heavy atom. The van der Waals surface area contributed by atoms with E-state index < -0.39 is 5.92 Å². The van der Waals surface area contributed by atoms with Crippen molar-refractivity contribution < 1.29 is 0 Å². The van der Waals surface area contributed by atoms with Gasteiger partial charge < -0.3 is 4.90 Å². The van der Waals surface area contributed by atoms with Crippen molar-refractivity contribution in [1.82, 2.24) is 9.97 Å². The molecular weight excluding hydrogens is 336 g/mol. The van der Waals surface area contributed by atoms with Crippen LogP contribution in [0.2, 0.25) is 0 Å². The molecule has 0 spiro atoms. The molecule has 6 heteroatoms.